The first-order valence-electron chi connectivity index (χ1n) is 7.14. The number of benzene rings is 1. The molecule has 0 aromatic heterocycles. The summed E-state index contributed by atoms with van der Waals surface area (Å²) >= 11 is 0. The van der Waals surface area contributed by atoms with Crippen molar-refractivity contribution in [2.45, 2.75) is 36.8 Å². The standard InChI is InChI=1S/C15H21NO4S/c1-11(2)21(19,20)14-7-5-13(6-8-14)16-9-3-4-12(10-16)15(17)18/h5-8,11-12H,3-4,9-10H2,1-2H3,(H,17,18)/t12-/m0/s1. The van der Waals surface area contributed by atoms with Crippen molar-refractivity contribution in [3.63, 3.8) is 0 Å². The molecule has 0 bridgehead atoms. The van der Waals surface area contributed by atoms with E-state index in [0.29, 0.717) is 17.9 Å². The molecule has 2 rings (SSSR count). The Bertz CT molecular complexity index is 607. The van der Waals surface area contributed by atoms with Crippen molar-refractivity contribution >= 4 is 21.5 Å². The molecule has 0 aliphatic carbocycles. The summed E-state index contributed by atoms with van der Waals surface area (Å²) in [4.78, 5) is 13.4. The molecule has 6 heteroatoms. The fraction of sp³-hybridized carbons (Fsp3) is 0.533. The lowest BCUT2D eigenvalue weighted by molar-refractivity contribution is -0.141. The van der Waals surface area contributed by atoms with E-state index in [-0.39, 0.29) is 5.92 Å². The van der Waals surface area contributed by atoms with Gasteiger partial charge in [-0.05, 0) is 51.0 Å². The zero-order valence-electron chi connectivity index (χ0n) is 12.3. The average molecular weight is 311 g/mol. The lowest BCUT2D eigenvalue weighted by atomic mass is 9.98. The maximum atomic E-state index is 12.1. The summed E-state index contributed by atoms with van der Waals surface area (Å²) in [6, 6.07) is 6.74. The van der Waals surface area contributed by atoms with Gasteiger partial charge in [-0.25, -0.2) is 8.42 Å². The smallest absolute Gasteiger partial charge is 0.308 e. The van der Waals surface area contributed by atoms with E-state index in [4.69, 9.17) is 5.11 Å². The first-order chi connectivity index (χ1) is 9.82. The molecule has 1 saturated heterocycles. The normalized spacial score (nSPS) is 19.8. The van der Waals surface area contributed by atoms with E-state index in [1.54, 1.807) is 38.1 Å². The summed E-state index contributed by atoms with van der Waals surface area (Å²) in [5.41, 5.74) is 0.878. The Morgan fingerprint density at radius 3 is 2.43 bits per heavy atom. The number of anilines is 1. The molecule has 0 spiro atoms. The van der Waals surface area contributed by atoms with Gasteiger partial charge in [0.25, 0.3) is 0 Å². The first kappa shape index (κ1) is 15.8. The second kappa shape index (κ2) is 6.05. The Kier molecular flexibility index (Phi) is 4.56. The van der Waals surface area contributed by atoms with Gasteiger partial charge < -0.3 is 10.0 Å². The van der Waals surface area contributed by atoms with Crippen LogP contribution in [-0.2, 0) is 14.6 Å². The van der Waals surface area contributed by atoms with Gasteiger partial charge in [-0.2, -0.15) is 0 Å². The van der Waals surface area contributed by atoms with Crippen LogP contribution in [0.15, 0.2) is 29.2 Å². The minimum absolute atomic E-state index is 0.313. The predicted octanol–water partition coefficient (Wildman–Crippen LogP) is 2.17. The third-order valence-electron chi connectivity index (χ3n) is 3.92. The van der Waals surface area contributed by atoms with Crippen LogP contribution in [0.5, 0.6) is 0 Å². The second-order valence-corrected chi connectivity index (χ2v) is 8.22. The number of carboxylic acids is 1. The molecule has 0 unspecified atom stereocenters. The summed E-state index contributed by atoms with van der Waals surface area (Å²) in [6.45, 7) is 4.60. The Balaban J connectivity index is 2.18. The molecule has 5 nitrogen and oxygen atoms in total. The van der Waals surface area contributed by atoms with Crippen LogP contribution >= 0.6 is 0 Å². The van der Waals surface area contributed by atoms with Crippen LogP contribution in [0.1, 0.15) is 26.7 Å². The van der Waals surface area contributed by atoms with Gasteiger partial charge in [0.1, 0.15) is 0 Å². The zero-order valence-corrected chi connectivity index (χ0v) is 13.1. The van der Waals surface area contributed by atoms with Crippen LogP contribution in [0.3, 0.4) is 0 Å². The van der Waals surface area contributed by atoms with E-state index in [1.165, 1.54) is 0 Å². The molecule has 1 atom stereocenters. The Hall–Kier alpha value is -1.56. The summed E-state index contributed by atoms with van der Waals surface area (Å²) in [6.07, 6.45) is 1.54. The molecular weight excluding hydrogens is 290 g/mol. The number of sulfone groups is 1. The van der Waals surface area contributed by atoms with Crippen molar-refractivity contribution < 1.29 is 18.3 Å². The van der Waals surface area contributed by atoms with Gasteiger partial charge >= 0.3 is 5.97 Å². The topological polar surface area (TPSA) is 74.7 Å². The van der Waals surface area contributed by atoms with Crippen molar-refractivity contribution in [3.8, 4) is 0 Å². The monoisotopic (exact) mass is 311 g/mol. The highest BCUT2D eigenvalue weighted by Crippen LogP contribution is 2.25. The van der Waals surface area contributed by atoms with Gasteiger partial charge in [-0.15, -0.1) is 0 Å². The molecule has 0 radical (unpaired) electrons. The van der Waals surface area contributed by atoms with Crippen LogP contribution in [0, 0.1) is 5.92 Å². The second-order valence-electron chi connectivity index (χ2n) is 5.71. The number of rotatable bonds is 4. The molecule has 1 heterocycles. The highest BCUT2D eigenvalue weighted by Gasteiger charge is 2.26. The predicted molar refractivity (Wildman–Crippen MR) is 81.3 cm³/mol. The van der Waals surface area contributed by atoms with Crippen molar-refractivity contribution in [2.24, 2.45) is 5.92 Å². The summed E-state index contributed by atoms with van der Waals surface area (Å²) in [7, 11) is -3.26. The van der Waals surface area contributed by atoms with Crippen molar-refractivity contribution in [1.82, 2.24) is 0 Å². The van der Waals surface area contributed by atoms with Crippen molar-refractivity contribution in [2.75, 3.05) is 18.0 Å². The third kappa shape index (κ3) is 3.37. The van der Waals surface area contributed by atoms with Crippen LogP contribution in [-0.4, -0.2) is 37.8 Å². The maximum Gasteiger partial charge on any atom is 0.308 e. The minimum atomic E-state index is -3.26. The highest BCUT2D eigenvalue weighted by molar-refractivity contribution is 7.92. The maximum absolute atomic E-state index is 12.1. The number of hydrogen-bond acceptors (Lipinski definition) is 4. The van der Waals surface area contributed by atoms with Crippen LogP contribution in [0.25, 0.3) is 0 Å². The Morgan fingerprint density at radius 1 is 1.29 bits per heavy atom. The fourth-order valence-electron chi connectivity index (χ4n) is 2.53. The summed E-state index contributed by atoms with van der Waals surface area (Å²) in [5, 5.41) is 8.66. The van der Waals surface area contributed by atoms with E-state index >= 15 is 0 Å². The van der Waals surface area contributed by atoms with E-state index in [2.05, 4.69) is 0 Å². The van der Waals surface area contributed by atoms with Gasteiger partial charge in [-0.1, -0.05) is 0 Å². The number of hydrogen-bond donors (Lipinski definition) is 1. The molecule has 0 amide bonds. The average Bonchev–Trinajstić information content (AvgIpc) is 2.47. The third-order valence-corrected chi connectivity index (χ3v) is 6.09. The quantitative estimate of drug-likeness (QED) is 0.922. The summed E-state index contributed by atoms with van der Waals surface area (Å²) < 4.78 is 24.1. The van der Waals surface area contributed by atoms with Crippen molar-refractivity contribution in [3.05, 3.63) is 24.3 Å². The number of carbonyl (C=O) groups is 1. The molecule has 1 N–H and O–H groups in total. The van der Waals surface area contributed by atoms with Gasteiger partial charge in [0.2, 0.25) is 0 Å². The molecular formula is C15H21NO4S. The minimum Gasteiger partial charge on any atom is -0.481 e. The lowest BCUT2D eigenvalue weighted by Gasteiger charge is -2.32. The molecule has 116 valence electrons. The van der Waals surface area contributed by atoms with E-state index < -0.39 is 21.1 Å². The number of piperidine rings is 1. The molecule has 1 aliphatic rings. The van der Waals surface area contributed by atoms with Crippen LogP contribution in [0.2, 0.25) is 0 Å². The fourth-order valence-corrected chi connectivity index (χ4v) is 3.59. The Labute approximate surface area is 125 Å². The molecule has 1 fully saturated rings. The highest BCUT2D eigenvalue weighted by atomic mass is 32.2. The van der Waals surface area contributed by atoms with Gasteiger partial charge in [-0.3, -0.25) is 4.79 Å². The zero-order chi connectivity index (χ0) is 15.6. The molecule has 1 aliphatic heterocycles. The van der Waals surface area contributed by atoms with Gasteiger partial charge in [0.15, 0.2) is 9.84 Å². The lowest BCUT2D eigenvalue weighted by Crippen LogP contribution is -2.38. The molecule has 0 saturated carbocycles. The SMILES string of the molecule is CC(C)S(=O)(=O)c1ccc(N2CCC[C@H](C(=O)O)C2)cc1. The summed E-state index contributed by atoms with van der Waals surface area (Å²) in [5.74, 6) is -1.11. The molecule has 1 aromatic rings. The van der Waals surface area contributed by atoms with Gasteiger partial charge in [0, 0.05) is 18.8 Å². The van der Waals surface area contributed by atoms with Crippen LogP contribution in [0.4, 0.5) is 5.69 Å². The molecule has 1 aromatic carbocycles. The van der Waals surface area contributed by atoms with Gasteiger partial charge in [0.05, 0.1) is 16.1 Å². The van der Waals surface area contributed by atoms with E-state index in [9.17, 15) is 13.2 Å². The van der Waals surface area contributed by atoms with E-state index in [1.807, 2.05) is 4.90 Å². The number of carboxylic acid groups (broad SMARTS) is 1. The number of aliphatic carboxylic acids is 1. The molecule has 21 heavy (non-hydrogen) atoms. The first-order valence-corrected chi connectivity index (χ1v) is 8.68. The largest absolute Gasteiger partial charge is 0.481 e. The van der Waals surface area contributed by atoms with E-state index in [0.717, 1.165) is 18.7 Å². The van der Waals surface area contributed by atoms with Crippen LogP contribution < -0.4 is 4.90 Å². The number of nitrogens with zero attached hydrogens (tertiary/aromatic N) is 1. The van der Waals surface area contributed by atoms with Crippen molar-refractivity contribution in [1.29, 1.82) is 0 Å². The Morgan fingerprint density at radius 2 is 1.90 bits per heavy atom.